The molecule has 0 saturated carbocycles. The van der Waals surface area contributed by atoms with E-state index in [0.717, 1.165) is 92.5 Å². The number of rotatable bonds is 11. The molecule has 0 unspecified atom stereocenters. The van der Waals surface area contributed by atoms with Gasteiger partial charge in [-0.05, 0) is 86.1 Å². The Balaban J connectivity index is 1.53. The molecule has 3 aromatic rings. The number of carbonyl (C=O) groups is 3. The first-order chi connectivity index (χ1) is 25.0. The second kappa shape index (κ2) is 14.8. The lowest BCUT2D eigenvalue weighted by atomic mass is 9.85. The number of nitrogens with one attached hydrogen (secondary N) is 4. The van der Waals surface area contributed by atoms with Crippen LogP contribution in [0.4, 0.5) is 0 Å². The fourth-order valence-electron chi connectivity index (χ4n) is 8.22. The van der Waals surface area contributed by atoms with E-state index in [2.05, 4.69) is 66.7 Å². The van der Waals surface area contributed by atoms with E-state index in [1.807, 2.05) is 26.0 Å². The maximum atomic E-state index is 14.3. The predicted octanol–water partition coefficient (Wildman–Crippen LogP) is 6.32. The Morgan fingerprint density at radius 2 is 1.67 bits per heavy atom. The molecule has 0 amide bonds. The summed E-state index contributed by atoms with van der Waals surface area (Å²) in [6.07, 6.45) is 12.7. The number of ether oxygens (including phenoxy) is 2. The van der Waals surface area contributed by atoms with Crippen LogP contribution in [0.3, 0.4) is 0 Å². The fourth-order valence-corrected chi connectivity index (χ4v) is 8.22. The van der Waals surface area contributed by atoms with Crippen LogP contribution >= 0.6 is 0 Å². The van der Waals surface area contributed by atoms with Crippen LogP contribution < -0.4 is 16.0 Å². The summed E-state index contributed by atoms with van der Waals surface area (Å²) < 4.78 is 10.8. The molecule has 10 nitrogen and oxygen atoms in total. The Morgan fingerprint density at radius 1 is 0.942 bits per heavy atom. The van der Waals surface area contributed by atoms with Crippen molar-refractivity contribution in [1.29, 1.82) is 0 Å². The lowest BCUT2D eigenvalue weighted by molar-refractivity contribution is -0.144. The summed E-state index contributed by atoms with van der Waals surface area (Å²) in [6, 6.07) is 0. The summed E-state index contributed by atoms with van der Waals surface area (Å²) in [5.74, 6) is -2.80. The van der Waals surface area contributed by atoms with E-state index in [1.165, 1.54) is 12.7 Å². The zero-order chi connectivity index (χ0) is 37.4. The SMILES string of the molecule is C=Cc1c2[nH]c(c1C)/C=C1\N/C(=C3\c4[nH]c(c(C)c4C(=O)[C@@H]3C(=O)OC)/C=c3\[nH]/c(c(C)c3CC)=C\2)[C@@H](CCC(=O)OCC/C(=C/O)CCC)[C@@H]1C. The number of aliphatic hydroxyl groups is 1. The number of hydrogen-bond acceptors (Lipinski definition) is 7. The van der Waals surface area contributed by atoms with Gasteiger partial charge >= 0.3 is 11.9 Å². The average molecular weight is 707 g/mol. The monoisotopic (exact) mass is 706 g/mol. The quantitative estimate of drug-likeness (QED) is 0.0890. The Bertz CT molecular complexity index is 2190. The number of aromatic nitrogens is 3. The second-order valence-corrected chi connectivity index (χ2v) is 14.1. The van der Waals surface area contributed by atoms with Gasteiger partial charge in [0.2, 0.25) is 0 Å². The first kappa shape index (κ1) is 36.5. The molecule has 6 rings (SSSR count). The molecule has 0 radical (unpaired) electrons. The van der Waals surface area contributed by atoms with Crippen LogP contribution in [0.15, 0.2) is 29.8 Å². The maximum absolute atomic E-state index is 14.3. The Labute approximate surface area is 304 Å². The molecule has 1 saturated heterocycles. The largest absolute Gasteiger partial charge is 0.516 e. The van der Waals surface area contributed by atoms with E-state index in [1.54, 1.807) is 0 Å². The molecular formula is C42H50N4O6. The number of esters is 2. The highest BCUT2D eigenvalue weighted by Crippen LogP contribution is 2.48. The van der Waals surface area contributed by atoms with Gasteiger partial charge in [-0.15, -0.1) is 0 Å². The predicted molar refractivity (Wildman–Crippen MR) is 203 cm³/mol. The summed E-state index contributed by atoms with van der Waals surface area (Å²) in [5, 5.41) is 15.1. The number of ketones is 1. The molecule has 5 heterocycles. The normalized spacial score (nSPS) is 22.9. The van der Waals surface area contributed by atoms with Gasteiger partial charge in [-0.25, -0.2) is 0 Å². The van der Waals surface area contributed by atoms with Crippen molar-refractivity contribution < 1.29 is 29.0 Å². The van der Waals surface area contributed by atoms with Crippen molar-refractivity contribution in [2.45, 2.75) is 80.1 Å². The van der Waals surface area contributed by atoms with Gasteiger partial charge in [0.25, 0.3) is 0 Å². The van der Waals surface area contributed by atoms with Crippen LogP contribution in [-0.2, 0) is 25.5 Å². The van der Waals surface area contributed by atoms with Crippen LogP contribution in [0, 0.1) is 38.5 Å². The molecule has 1 fully saturated rings. The molecule has 3 aromatic heterocycles. The lowest BCUT2D eigenvalue weighted by Crippen LogP contribution is -2.25. The lowest BCUT2D eigenvalue weighted by Gasteiger charge is -2.19. The highest BCUT2D eigenvalue weighted by atomic mass is 16.5. The Hall–Kier alpha value is -5.25. The van der Waals surface area contributed by atoms with Crippen LogP contribution in [0.2, 0.25) is 0 Å². The van der Waals surface area contributed by atoms with E-state index < -0.39 is 11.9 Å². The number of allylic oxidation sites excluding steroid dienone is 2. The topological polar surface area (TPSA) is 149 Å². The third kappa shape index (κ3) is 6.28. The number of carbonyl (C=O) groups excluding carboxylic acids is 3. The van der Waals surface area contributed by atoms with Gasteiger partial charge in [-0.1, -0.05) is 39.8 Å². The van der Waals surface area contributed by atoms with Gasteiger partial charge in [0.1, 0.15) is 5.92 Å². The molecule has 0 spiro atoms. The summed E-state index contributed by atoms with van der Waals surface area (Å²) in [7, 11) is 1.30. The molecule has 3 atom stereocenters. The van der Waals surface area contributed by atoms with Crippen molar-refractivity contribution in [3.8, 4) is 0 Å². The average Bonchev–Trinajstić information content (AvgIpc) is 3.87. The van der Waals surface area contributed by atoms with Crippen molar-refractivity contribution in [3.05, 3.63) is 96.7 Å². The van der Waals surface area contributed by atoms with Crippen LogP contribution in [0.1, 0.15) is 114 Å². The first-order valence-corrected chi connectivity index (χ1v) is 18.3. The molecule has 274 valence electrons. The number of aromatic amines is 3. The molecule has 2 aliphatic heterocycles. The van der Waals surface area contributed by atoms with E-state index in [0.29, 0.717) is 29.7 Å². The van der Waals surface area contributed by atoms with Gasteiger partial charge in [0, 0.05) is 80.6 Å². The van der Waals surface area contributed by atoms with Gasteiger partial charge in [0.05, 0.1) is 25.7 Å². The molecule has 5 N–H and O–H groups in total. The molecule has 10 heteroatoms. The van der Waals surface area contributed by atoms with Crippen LogP contribution in [0.25, 0.3) is 29.9 Å². The zero-order valence-corrected chi connectivity index (χ0v) is 31.3. The zero-order valence-electron chi connectivity index (χ0n) is 31.3. The van der Waals surface area contributed by atoms with Crippen molar-refractivity contribution in [2.24, 2.45) is 17.8 Å². The van der Waals surface area contributed by atoms with Crippen molar-refractivity contribution in [1.82, 2.24) is 20.3 Å². The minimum absolute atomic E-state index is 0.110. The van der Waals surface area contributed by atoms with Gasteiger partial charge in [-0.3, -0.25) is 14.4 Å². The number of Topliss-reactive ketones (excluding diaryl/α,β-unsaturated/α-hetero) is 1. The number of fused-ring (bicyclic) bond motifs is 7. The molecule has 8 bridgehead atoms. The van der Waals surface area contributed by atoms with Crippen molar-refractivity contribution in [3.63, 3.8) is 0 Å². The van der Waals surface area contributed by atoms with E-state index in [9.17, 15) is 19.5 Å². The van der Waals surface area contributed by atoms with E-state index in [-0.39, 0.29) is 36.6 Å². The first-order valence-electron chi connectivity index (χ1n) is 18.3. The summed E-state index contributed by atoms with van der Waals surface area (Å²) in [5.41, 5.74) is 11.8. The smallest absolute Gasteiger partial charge is 0.321 e. The summed E-state index contributed by atoms with van der Waals surface area (Å²) >= 11 is 0. The number of hydrogen-bond donors (Lipinski definition) is 5. The Kier molecular flexibility index (Phi) is 10.4. The molecular weight excluding hydrogens is 656 g/mol. The number of aliphatic hydroxyl groups excluding tert-OH is 1. The minimum atomic E-state index is -1.16. The number of methoxy groups -OCH3 is 1. The van der Waals surface area contributed by atoms with Crippen molar-refractivity contribution >= 4 is 47.6 Å². The van der Waals surface area contributed by atoms with Gasteiger partial charge < -0.3 is 34.8 Å². The third-order valence-electron chi connectivity index (χ3n) is 11.2. The molecule has 52 heavy (non-hydrogen) atoms. The van der Waals surface area contributed by atoms with Crippen molar-refractivity contribution in [2.75, 3.05) is 13.7 Å². The van der Waals surface area contributed by atoms with Crippen LogP contribution in [0.5, 0.6) is 0 Å². The maximum Gasteiger partial charge on any atom is 0.321 e. The van der Waals surface area contributed by atoms with E-state index >= 15 is 0 Å². The molecule has 0 aromatic carbocycles. The Morgan fingerprint density at radius 3 is 2.35 bits per heavy atom. The molecule has 1 aliphatic carbocycles. The molecule has 3 aliphatic rings. The standard InChI is InChI=1S/C42H50N4O6/c1-9-12-25(20-47)15-16-52-35(48)14-13-28-23(6)31-17-29-21(4)26(10-2)33(43-29)18-30-22(5)27(11-3)34(44-30)19-32-24(7)36-40(46-32)37(39(28)45-31)38(41(36)49)42(50)51-8/h10,17-20,23,28,38,43-47H,2,9,11-16H2,1,3-8H3/b25-20+,30-18-,31-17-,34-19-,39-37-/t23-,28-,38+/m0/s1. The minimum Gasteiger partial charge on any atom is -0.516 e. The van der Waals surface area contributed by atoms with Gasteiger partial charge in [0.15, 0.2) is 5.78 Å². The van der Waals surface area contributed by atoms with Crippen LogP contribution in [-0.4, -0.2) is 51.5 Å². The fraction of sp³-hybridized carbons (Fsp3) is 0.405. The number of H-pyrrole nitrogens is 3. The van der Waals surface area contributed by atoms with Gasteiger partial charge in [-0.2, -0.15) is 0 Å². The highest BCUT2D eigenvalue weighted by Gasteiger charge is 2.48. The summed E-state index contributed by atoms with van der Waals surface area (Å²) in [4.78, 5) is 51.6. The third-order valence-corrected chi connectivity index (χ3v) is 11.2. The summed E-state index contributed by atoms with van der Waals surface area (Å²) in [6.45, 7) is 16.6. The second-order valence-electron chi connectivity index (χ2n) is 14.1. The van der Waals surface area contributed by atoms with E-state index in [4.69, 9.17) is 9.47 Å². The highest BCUT2D eigenvalue weighted by molar-refractivity contribution is 6.24.